The molecule has 112 valence electrons. The van der Waals surface area contributed by atoms with Gasteiger partial charge in [-0.25, -0.2) is 0 Å². The Labute approximate surface area is 121 Å². The first-order valence-electron chi connectivity index (χ1n) is 7.11. The van der Waals surface area contributed by atoms with E-state index in [1.807, 2.05) is 19.1 Å². The van der Waals surface area contributed by atoms with E-state index in [1.165, 1.54) is 0 Å². The lowest BCUT2D eigenvalue weighted by atomic mass is 10.2. The van der Waals surface area contributed by atoms with Gasteiger partial charge in [-0.2, -0.15) is 0 Å². The highest BCUT2D eigenvalue weighted by Gasteiger charge is 2.08. The molecule has 1 rings (SSSR count). The van der Waals surface area contributed by atoms with Gasteiger partial charge in [-0.05, 0) is 25.6 Å². The van der Waals surface area contributed by atoms with Gasteiger partial charge in [-0.1, -0.05) is 19.1 Å². The fourth-order valence-corrected chi connectivity index (χ4v) is 1.85. The minimum absolute atomic E-state index is 0.0160. The number of hydrogen-bond donors (Lipinski definition) is 2. The van der Waals surface area contributed by atoms with Crippen LogP contribution in [0.1, 0.15) is 20.3 Å². The molecular weight excluding hydrogens is 254 g/mol. The van der Waals surface area contributed by atoms with Crippen LogP contribution in [0.3, 0.4) is 0 Å². The number of carbonyl (C=O) groups excluding carboxylic acids is 1. The zero-order chi connectivity index (χ0) is 14.8. The van der Waals surface area contributed by atoms with Crippen molar-refractivity contribution in [1.29, 1.82) is 0 Å². The lowest BCUT2D eigenvalue weighted by Gasteiger charge is -2.19. The molecule has 0 heterocycles. The summed E-state index contributed by atoms with van der Waals surface area (Å²) in [4.78, 5) is 14.1. The van der Waals surface area contributed by atoms with Gasteiger partial charge in [-0.3, -0.25) is 4.79 Å². The first-order valence-corrected chi connectivity index (χ1v) is 7.11. The van der Waals surface area contributed by atoms with Crippen LogP contribution < -0.4 is 11.1 Å². The van der Waals surface area contributed by atoms with Gasteiger partial charge in [0.2, 0.25) is 5.91 Å². The van der Waals surface area contributed by atoms with E-state index in [1.54, 1.807) is 12.1 Å². The summed E-state index contributed by atoms with van der Waals surface area (Å²) in [5.74, 6) is -0.0160. The number of nitrogens with two attached hydrogens (primary N) is 1. The predicted octanol–water partition coefficient (Wildman–Crippen LogP) is 1.96. The van der Waals surface area contributed by atoms with E-state index in [0.29, 0.717) is 24.4 Å². The molecule has 0 aliphatic carbocycles. The highest BCUT2D eigenvalue weighted by Crippen LogP contribution is 2.16. The van der Waals surface area contributed by atoms with Crippen molar-refractivity contribution in [1.82, 2.24) is 4.90 Å². The highest BCUT2D eigenvalue weighted by molar-refractivity contribution is 5.93. The highest BCUT2D eigenvalue weighted by atomic mass is 16.5. The quantitative estimate of drug-likeness (QED) is 0.535. The predicted molar refractivity (Wildman–Crippen MR) is 82.7 cm³/mol. The molecule has 3 N–H and O–H groups in total. The summed E-state index contributed by atoms with van der Waals surface area (Å²) in [7, 11) is 0. The Bertz CT molecular complexity index is 410. The van der Waals surface area contributed by atoms with E-state index in [9.17, 15) is 4.79 Å². The van der Waals surface area contributed by atoms with Gasteiger partial charge in [0.1, 0.15) is 0 Å². The number of rotatable bonds is 9. The Morgan fingerprint density at radius 2 is 2.05 bits per heavy atom. The van der Waals surface area contributed by atoms with Crippen molar-refractivity contribution >= 4 is 17.3 Å². The maximum atomic E-state index is 11.9. The summed E-state index contributed by atoms with van der Waals surface area (Å²) >= 11 is 0. The largest absolute Gasteiger partial charge is 0.397 e. The number of anilines is 2. The monoisotopic (exact) mass is 279 g/mol. The summed E-state index contributed by atoms with van der Waals surface area (Å²) in [6, 6.07) is 7.28. The first-order chi connectivity index (χ1) is 9.67. The molecule has 0 atom stereocenters. The lowest BCUT2D eigenvalue weighted by molar-refractivity contribution is -0.116. The van der Waals surface area contributed by atoms with Crippen LogP contribution in [0.4, 0.5) is 11.4 Å². The van der Waals surface area contributed by atoms with Crippen LogP contribution in [0.5, 0.6) is 0 Å². The number of benzene rings is 1. The zero-order valence-electron chi connectivity index (χ0n) is 12.4. The number of amides is 1. The van der Waals surface area contributed by atoms with Gasteiger partial charge in [0.15, 0.2) is 0 Å². The van der Waals surface area contributed by atoms with Gasteiger partial charge in [0.25, 0.3) is 0 Å². The van der Waals surface area contributed by atoms with Crippen LogP contribution >= 0.6 is 0 Å². The second-order valence-corrected chi connectivity index (χ2v) is 4.52. The molecule has 20 heavy (non-hydrogen) atoms. The molecule has 0 saturated heterocycles. The molecule has 0 aromatic heterocycles. The van der Waals surface area contributed by atoms with Crippen LogP contribution in [-0.4, -0.2) is 43.7 Å². The fraction of sp³-hybridized carbons (Fsp3) is 0.533. The molecule has 5 heteroatoms. The molecule has 0 aliphatic rings. The SMILES string of the molecule is CCOCCN(CC)CCC(=O)Nc1ccccc1N. The number of ether oxygens (including phenoxy) is 1. The molecule has 0 spiro atoms. The van der Waals surface area contributed by atoms with Gasteiger partial charge < -0.3 is 20.7 Å². The molecule has 1 amide bonds. The van der Waals surface area contributed by atoms with Crippen LogP contribution in [0.2, 0.25) is 0 Å². The summed E-state index contributed by atoms with van der Waals surface area (Å²) in [6.07, 6.45) is 0.453. The molecular formula is C15H25N3O2. The third-order valence-electron chi connectivity index (χ3n) is 3.09. The van der Waals surface area contributed by atoms with Gasteiger partial charge >= 0.3 is 0 Å². The zero-order valence-corrected chi connectivity index (χ0v) is 12.4. The third kappa shape index (κ3) is 6.04. The molecule has 0 bridgehead atoms. The molecule has 0 fully saturated rings. The molecule has 1 aromatic rings. The third-order valence-corrected chi connectivity index (χ3v) is 3.09. The standard InChI is InChI=1S/C15H25N3O2/c1-3-18(11-12-20-4-2)10-9-15(19)17-14-8-6-5-7-13(14)16/h5-8H,3-4,9-12,16H2,1-2H3,(H,17,19). The van der Waals surface area contributed by atoms with E-state index in [2.05, 4.69) is 17.1 Å². The van der Waals surface area contributed by atoms with E-state index >= 15 is 0 Å². The second-order valence-electron chi connectivity index (χ2n) is 4.52. The number of nitrogen functional groups attached to an aromatic ring is 1. The van der Waals surface area contributed by atoms with E-state index < -0.39 is 0 Å². The normalized spacial score (nSPS) is 10.8. The lowest BCUT2D eigenvalue weighted by Crippen LogP contribution is -2.31. The van der Waals surface area contributed by atoms with Crippen molar-refractivity contribution in [3.05, 3.63) is 24.3 Å². The smallest absolute Gasteiger partial charge is 0.225 e. The Morgan fingerprint density at radius 3 is 2.70 bits per heavy atom. The first kappa shape index (κ1) is 16.5. The van der Waals surface area contributed by atoms with Crippen molar-refractivity contribution in [2.75, 3.05) is 43.9 Å². The van der Waals surface area contributed by atoms with Crippen molar-refractivity contribution in [3.63, 3.8) is 0 Å². The average Bonchev–Trinajstić information content (AvgIpc) is 2.45. The topological polar surface area (TPSA) is 67.6 Å². The van der Waals surface area contributed by atoms with Crippen LogP contribution in [0.15, 0.2) is 24.3 Å². The second kappa shape index (κ2) is 9.34. The molecule has 5 nitrogen and oxygen atoms in total. The van der Waals surface area contributed by atoms with Crippen molar-refractivity contribution in [2.45, 2.75) is 20.3 Å². The summed E-state index contributed by atoms with van der Waals surface area (Å²) in [5, 5.41) is 2.84. The van der Waals surface area contributed by atoms with E-state index in [4.69, 9.17) is 10.5 Å². The number of nitrogens with zero attached hydrogens (tertiary/aromatic N) is 1. The molecule has 0 aliphatic heterocycles. The van der Waals surface area contributed by atoms with Gasteiger partial charge in [0, 0.05) is 26.1 Å². The minimum Gasteiger partial charge on any atom is -0.397 e. The Hall–Kier alpha value is -1.59. The number of para-hydroxylation sites is 2. The van der Waals surface area contributed by atoms with Crippen LogP contribution in [0.25, 0.3) is 0 Å². The maximum absolute atomic E-state index is 11.9. The maximum Gasteiger partial charge on any atom is 0.225 e. The number of likely N-dealkylation sites (N-methyl/N-ethyl adjacent to an activating group) is 1. The number of hydrogen-bond acceptors (Lipinski definition) is 4. The number of nitrogens with one attached hydrogen (secondary N) is 1. The Balaban J connectivity index is 2.33. The fourth-order valence-electron chi connectivity index (χ4n) is 1.85. The van der Waals surface area contributed by atoms with Crippen molar-refractivity contribution in [3.8, 4) is 0 Å². The Kier molecular flexibility index (Phi) is 7.69. The summed E-state index contributed by atoms with van der Waals surface area (Å²) < 4.78 is 5.33. The molecule has 1 aromatic carbocycles. The van der Waals surface area contributed by atoms with E-state index in [-0.39, 0.29) is 5.91 Å². The molecule has 0 unspecified atom stereocenters. The number of carbonyl (C=O) groups is 1. The van der Waals surface area contributed by atoms with Crippen molar-refractivity contribution in [2.24, 2.45) is 0 Å². The average molecular weight is 279 g/mol. The van der Waals surface area contributed by atoms with E-state index in [0.717, 1.165) is 26.2 Å². The summed E-state index contributed by atoms with van der Waals surface area (Å²) in [6.45, 7) is 7.98. The van der Waals surface area contributed by atoms with Crippen molar-refractivity contribution < 1.29 is 9.53 Å². The minimum atomic E-state index is -0.0160. The van der Waals surface area contributed by atoms with Gasteiger partial charge in [-0.15, -0.1) is 0 Å². The van der Waals surface area contributed by atoms with Gasteiger partial charge in [0.05, 0.1) is 18.0 Å². The van der Waals surface area contributed by atoms with Crippen LogP contribution in [0, 0.1) is 0 Å². The molecule has 0 saturated carbocycles. The summed E-state index contributed by atoms with van der Waals surface area (Å²) in [5.41, 5.74) is 7.05. The van der Waals surface area contributed by atoms with Crippen LogP contribution in [-0.2, 0) is 9.53 Å². The molecule has 0 radical (unpaired) electrons. The Morgan fingerprint density at radius 1 is 1.30 bits per heavy atom.